The van der Waals surface area contributed by atoms with E-state index in [1.807, 2.05) is 0 Å². The Labute approximate surface area is 154 Å². The third-order valence-corrected chi connectivity index (χ3v) is 5.37. The van der Waals surface area contributed by atoms with Crippen molar-refractivity contribution in [3.05, 3.63) is 35.4 Å². The van der Waals surface area contributed by atoms with Crippen LogP contribution in [0, 0.1) is 5.92 Å². The lowest BCUT2D eigenvalue weighted by atomic mass is 9.80. The Bertz CT molecular complexity index is 406. The quantitative estimate of drug-likeness (QED) is 0.844. The van der Waals surface area contributed by atoms with Crippen molar-refractivity contribution in [3.8, 4) is 0 Å². The molecule has 1 N–H and O–H groups in total. The first-order valence-corrected chi connectivity index (χ1v) is 8.92. The van der Waals surface area contributed by atoms with Crippen LogP contribution in [0.15, 0.2) is 24.3 Å². The minimum Gasteiger partial charge on any atom is -0.314 e. The second kappa shape index (κ2) is 10.6. The van der Waals surface area contributed by atoms with Gasteiger partial charge in [0, 0.05) is 32.2 Å². The molecule has 2 fully saturated rings. The fraction of sp³-hybridized carbons (Fsp3) is 0.684. The van der Waals surface area contributed by atoms with Crippen molar-refractivity contribution in [1.82, 2.24) is 10.2 Å². The average Bonchev–Trinajstić information content (AvgIpc) is 2.58. The molecule has 1 atom stereocenters. The molecule has 1 saturated heterocycles. The maximum Gasteiger partial charge on any atom is 0.0377 e. The molecule has 1 aromatic carbocycles. The maximum absolute atomic E-state index is 3.50. The van der Waals surface area contributed by atoms with Gasteiger partial charge >= 0.3 is 0 Å². The summed E-state index contributed by atoms with van der Waals surface area (Å²) in [5, 5.41) is 3.50. The van der Waals surface area contributed by atoms with Crippen LogP contribution in [0.25, 0.3) is 0 Å². The summed E-state index contributed by atoms with van der Waals surface area (Å²) in [7, 11) is 0. The number of hydrogen-bond donors (Lipinski definition) is 1. The van der Waals surface area contributed by atoms with Crippen LogP contribution in [0.4, 0.5) is 0 Å². The number of hydrogen-bond acceptors (Lipinski definition) is 2. The fourth-order valence-electron chi connectivity index (χ4n) is 4.14. The van der Waals surface area contributed by atoms with E-state index in [0.717, 1.165) is 25.4 Å². The van der Waals surface area contributed by atoms with Crippen LogP contribution in [0.3, 0.4) is 0 Å². The molecular formula is C19H32Cl2N2. The van der Waals surface area contributed by atoms with Crippen molar-refractivity contribution in [3.63, 3.8) is 0 Å². The molecule has 1 aliphatic carbocycles. The summed E-state index contributed by atoms with van der Waals surface area (Å²) in [6, 6.07) is 10.1. The zero-order valence-electron chi connectivity index (χ0n) is 14.3. The third kappa shape index (κ3) is 5.35. The molecule has 132 valence electrons. The SMILES string of the molecule is CCc1ccc([C@H](C2CCCCC2)N2CCNCC2)cc1.Cl.Cl. The highest BCUT2D eigenvalue weighted by molar-refractivity contribution is 5.85. The molecule has 2 aliphatic rings. The van der Waals surface area contributed by atoms with Crippen LogP contribution in [0.2, 0.25) is 0 Å². The van der Waals surface area contributed by atoms with E-state index >= 15 is 0 Å². The van der Waals surface area contributed by atoms with E-state index in [4.69, 9.17) is 0 Å². The average molecular weight is 359 g/mol. The number of piperazine rings is 1. The highest BCUT2D eigenvalue weighted by atomic mass is 35.5. The Morgan fingerprint density at radius 1 is 1.00 bits per heavy atom. The van der Waals surface area contributed by atoms with Crippen LogP contribution >= 0.6 is 24.8 Å². The van der Waals surface area contributed by atoms with Crippen LogP contribution in [-0.4, -0.2) is 31.1 Å². The van der Waals surface area contributed by atoms with Crippen molar-refractivity contribution in [2.45, 2.75) is 51.5 Å². The Kier molecular flexibility index (Phi) is 9.53. The van der Waals surface area contributed by atoms with Gasteiger partial charge in [0.1, 0.15) is 0 Å². The predicted octanol–water partition coefficient (Wildman–Crippen LogP) is 4.62. The van der Waals surface area contributed by atoms with E-state index in [-0.39, 0.29) is 24.8 Å². The van der Waals surface area contributed by atoms with Crippen molar-refractivity contribution < 1.29 is 0 Å². The Morgan fingerprint density at radius 2 is 1.61 bits per heavy atom. The predicted molar refractivity (Wildman–Crippen MR) is 104 cm³/mol. The molecule has 1 heterocycles. The summed E-state index contributed by atoms with van der Waals surface area (Å²) in [5.74, 6) is 0.865. The molecule has 1 aliphatic heterocycles. The van der Waals surface area contributed by atoms with Crippen molar-refractivity contribution in [2.24, 2.45) is 5.92 Å². The molecule has 0 unspecified atom stereocenters. The second-order valence-electron chi connectivity index (χ2n) is 6.72. The highest BCUT2D eigenvalue weighted by Gasteiger charge is 2.30. The first kappa shape index (κ1) is 20.8. The monoisotopic (exact) mass is 358 g/mol. The number of nitrogens with one attached hydrogen (secondary N) is 1. The number of benzene rings is 1. The van der Waals surface area contributed by atoms with Gasteiger partial charge in [-0.3, -0.25) is 4.90 Å². The molecule has 2 nitrogen and oxygen atoms in total. The number of nitrogens with zero attached hydrogens (tertiary/aromatic N) is 1. The number of aryl methyl sites for hydroxylation is 1. The van der Waals surface area contributed by atoms with Gasteiger partial charge in [0.25, 0.3) is 0 Å². The zero-order chi connectivity index (χ0) is 14.5. The van der Waals surface area contributed by atoms with E-state index in [2.05, 4.69) is 41.4 Å². The van der Waals surface area contributed by atoms with Crippen LogP contribution in [0.1, 0.15) is 56.2 Å². The lowest BCUT2D eigenvalue weighted by molar-refractivity contribution is 0.103. The maximum atomic E-state index is 3.50. The van der Waals surface area contributed by atoms with Crippen molar-refractivity contribution in [1.29, 1.82) is 0 Å². The van der Waals surface area contributed by atoms with Gasteiger partial charge in [-0.05, 0) is 36.3 Å². The molecule has 0 radical (unpaired) electrons. The largest absolute Gasteiger partial charge is 0.314 e. The summed E-state index contributed by atoms with van der Waals surface area (Å²) in [5.41, 5.74) is 3.02. The first-order valence-electron chi connectivity index (χ1n) is 8.92. The van der Waals surface area contributed by atoms with E-state index in [1.165, 1.54) is 50.8 Å². The van der Waals surface area contributed by atoms with Gasteiger partial charge in [-0.1, -0.05) is 50.5 Å². The molecule has 0 bridgehead atoms. The normalized spacial score (nSPS) is 21.1. The van der Waals surface area contributed by atoms with Crippen LogP contribution in [0.5, 0.6) is 0 Å². The molecule has 3 rings (SSSR count). The van der Waals surface area contributed by atoms with Gasteiger partial charge < -0.3 is 5.32 Å². The van der Waals surface area contributed by atoms with Gasteiger partial charge in [-0.2, -0.15) is 0 Å². The Morgan fingerprint density at radius 3 is 2.17 bits per heavy atom. The molecular weight excluding hydrogens is 327 g/mol. The Hall–Kier alpha value is -0.280. The minimum absolute atomic E-state index is 0. The standard InChI is InChI=1S/C19H30N2.2ClH/c1-2-16-8-10-18(11-9-16)19(17-6-4-3-5-7-17)21-14-12-20-13-15-21;;/h8-11,17,19-20H,2-7,12-15H2,1H3;2*1H/t19-;;/m0../s1. The van der Waals surface area contributed by atoms with E-state index in [0.29, 0.717) is 6.04 Å². The molecule has 1 aromatic rings. The van der Waals surface area contributed by atoms with Crippen molar-refractivity contribution >= 4 is 24.8 Å². The summed E-state index contributed by atoms with van der Waals surface area (Å²) in [6.07, 6.45) is 8.29. The zero-order valence-corrected chi connectivity index (χ0v) is 15.9. The molecule has 1 saturated carbocycles. The molecule has 0 aromatic heterocycles. The highest BCUT2D eigenvalue weighted by Crippen LogP contribution is 2.38. The van der Waals surface area contributed by atoms with Gasteiger partial charge in [-0.15, -0.1) is 24.8 Å². The summed E-state index contributed by atoms with van der Waals surface area (Å²) in [4.78, 5) is 2.74. The van der Waals surface area contributed by atoms with E-state index in [1.54, 1.807) is 5.56 Å². The summed E-state index contributed by atoms with van der Waals surface area (Å²) >= 11 is 0. The van der Waals surface area contributed by atoms with Crippen LogP contribution < -0.4 is 5.32 Å². The lowest BCUT2D eigenvalue weighted by Crippen LogP contribution is -2.47. The first-order chi connectivity index (χ1) is 10.4. The number of halogens is 2. The topological polar surface area (TPSA) is 15.3 Å². The van der Waals surface area contributed by atoms with E-state index < -0.39 is 0 Å². The van der Waals surface area contributed by atoms with Crippen molar-refractivity contribution in [2.75, 3.05) is 26.2 Å². The fourth-order valence-corrected chi connectivity index (χ4v) is 4.14. The molecule has 0 amide bonds. The Balaban J connectivity index is 0.00000132. The molecule has 0 spiro atoms. The smallest absolute Gasteiger partial charge is 0.0377 e. The van der Waals surface area contributed by atoms with Gasteiger partial charge in [0.2, 0.25) is 0 Å². The summed E-state index contributed by atoms with van der Waals surface area (Å²) in [6.45, 7) is 6.95. The second-order valence-corrected chi connectivity index (χ2v) is 6.72. The molecule has 4 heteroatoms. The summed E-state index contributed by atoms with van der Waals surface area (Å²) < 4.78 is 0. The lowest BCUT2D eigenvalue weighted by Gasteiger charge is -2.41. The van der Waals surface area contributed by atoms with Gasteiger partial charge in [0.05, 0.1) is 0 Å². The van der Waals surface area contributed by atoms with E-state index in [9.17, 15) is 0 Å². The van der Waals surface area contributed by atoms with Gasteiger partial charge in [-0.25, -0.2) is 0 Å². The third-order valence-electron chi connectivity index (χ3n) is 5.37. The number of rotatable bonds is 4. The minimum atomic E-state index is 0. The van der Waals surface area contributed by atoms with Gasteiger partial charge in [0.15, 0.2) is 0 Å². The molecule has 23 heavy (non-hydrogen) atoms. The van der Waals surface area contributed by atoms with Crippen LogP contribution in [-0.2, 0) is 6.42 Å².